The summed E-state index contributed by atoms with van der Waals surface area (Å²) < 4.78 is 0. The van der Waals surface area contributed by atoms with Gasteiger partial charge in [-0.25, -0.2) is 9.97 Å². The van der Waals surface area contributed by atoms with Crippen LogP contribution in [0.5, 0.6) is 0 Å². The molecule has 0 bridgehead atoms. The standard InChI is InChI=1S/C16H17N5OS/c1-23-9-6-13(21-16(22)14-10-17-7-8-18-14)15-19-11-4-2-3-5-12(11)20-15/h2-5,7-8,10,13H,6,9H2,1H3,(H,19,20)(H,21,22). The molecule has 2 N–H and O–H groups in total. The minimum absolute atomic E-state index is 0.190. The minimum Gasteiger partial charge on any atom is -0.341 e. The van der Waals surface area contributed by atoms with Crippen LogP contribution >= 0.6 is 11.8 Å². The summed E-state index contributed by atoms with van der Waals surface area (Å²) >= 11 is 1.73. The van der Waals surface area contributed by atoms with E-state index in [0.717, 1.165) is 29.0 Å². The number of carbonyl (C=O) groups is 1. The highest BCUT2D eigenvalue weighted by Gasteiger charge is 2.19. The van der Waals surface area contributed by atoms with E-state index in [2.05, 4.69) is 25.3 Å². The molecule has 2 aromatic heterocycles. The van der Waals surface area contributed by atoms with Crippen molar-refractivity contribution in [3.8, 4) is 0 Å². The highest BCUT2D eigenvalue weighted by Crippen LogP contribution is 2.20. The first kappa shape index (κ1) is 15.5. The highest BCUT2D eigenvalue weighted by atomic mass is 32.2. The summed E-state index contributed by atoms with van der Waals surface area (Å²) in [4.78, 5) is 28.2. The van der Waals surface area contributed by atoms with Gasteiger partial charge < -0.3 is 10.3 Å². The summed E-state index contributed by atoms with van der Waals surface area (Å²) in [5, 5.41) is 3.00. The zero-order chi connectivity index (χ0) is 16.1. The smallest absolute Gasteiger partial charge is 0.272 e. The van der Waals surface area contributed by atoms with Crippen LogP contribution in [0.2, 0.25) is 0 Å². The van der Waals surface area contributed by atoms with E-state index in [0.29, 0.717) is 5.69 Å². The summed E-state index contributed by atoms with van der Waals surface area (Å²) in [6.07, 6.45) is 7.33. The van der Waals surface area contributed by atoms with Crippen molar-refractivity contribution in [2.45, 2.75) is 12.5 Å². The molecule has 3 aromatic rings. The third kappa shape index (κ3) is 3.68. The maximum atomic E-state index is 12.3. The fraction of sp³-hybridized carbons (Fsp3) is 0.250. The van der Waals surface area contributed by atoms with Gasteiger partial charge in [-0.3, -0.25) is 9.78 Å². The van der Waals surface area contributed by atoms with Crippen LogP contribution in [0.15, 0.2) is 42.9 Å². The van der Waals surface area contributed by atoms with Crippen LogP contribution in [0.4, 0.5) is 0 Å². The quantitative estimate of drug-likeness (QED) is 0.727. The predicted molar refractivity (Wildman–Crippen MR) is 91.3 cm³/mol. The third-order valence-electron chi connectivity index (χ3n) is 3.45. The number of imidazole rings is 1. The van der Waals surface area contributed by atoms with E-state index in [4.69, 9.17) is 0 Å². The van der Waals surface area contributed by atoms with Crippen molar-refractivity contribution in [1.29, 1.82) is 0 Å². The van der Waals surface area contributed by atoms with Gasteiger partial charge in [0.05, 0.1) is 23.3 Å². The Morgan fingerprint density at radius 2 is 2.22 bits per heavy atom. The van der Waals surface area contributed by atoms with Crippen LogP contribution < -0.4 is 5.32 Å². The van der Waals surface area contributed by atoms with Crippen LogP contribution in [0.3, 0.4) is 0 Å². The van der Waals surface area contributed by atoms with Gasteiger partial charge in [-0.2, -0.15) is 11.8 Å². The van der Waals surface area contributed by atoms with Gasteiger partial charge in [0.2, 0.25) is 0 Å². The number of carbonyl (C=O) groups excluding carboxylic acids is 1. The summed E-state index contributed by atoms with van der Waals surface area (Å²) in [5.74, 6) is 1.43. The molecule has 0 radical (unpaired) electrons. The topological polar surface area (TPSA) is 83.6 Å². The number of thioether (sulfide) groups is 1. The maximum Gasteiger partial charge on any atom is 0.272 e. The Kier molecular flexibility index (Phi) is 4.87. The Hall–Kier alpha value is -2.41. The monoisotopic (exact) mass is 327 g/mol. The SMILES string of the molecule is CSCCC(NC(=O)c1cnccn1)c1nc2ccccc2[nH]1. The van der Waals surface area contributed by atoms with Crippen LogP contribution in [0.1, 0.15) is 28.8 Å². The summed E-state index contributed by atoms with van der Waals surface area (Å²) in [5.41, 5.74) is 2.16. The lowest BCUT2D eigenvalue weighted by atomic mass is 10.2. The molecule has 3 rings (SSSR count). The largest absolute Gasteiger partial charge is 0.341 e. The van der Waals surface area contributed by atoms with Crippen LogP contribution in [0, 0.1) is 0 Å². The first-order valence-electron chi connectivity index (χ1n) is 7.28. The van der Waals surface area contributed by atoms with Gasteiger partial charge in [-0.05, 0) is 30.6 Å². The first-order chi connectivity index (χ1) is 11.3. The van der Waals surface area contributed by atoms with Crippen molar-refractivity contribution in [2.24, 2.45) is 0 Å². The molecular weight excluding hydrogens is 310 g/mol. The normalized spacial score (nSPS) is 12.2. The zero-order valence-corrected chi connectivity index (χ0v) is 13.5. The lowest BCUT2D eigenvalue weighted by Gasteiger charge is -2.15. The van der Waals surface area contributed by atoms with Crippen molar-refractivity contribution in [3.05, 3.63) is 54.4 Å². The molecule has 0 aliphatic rings. The number of H-pyrrole nitrogens is 1. The molecule has 2 heterocycles. The van der Waals surface area contributed by atoms with Crippen molar-refractivity contribution in [2.75, 3.05) is 12.0 Å². The number of aromatic nitrogens is 4. The number of benzene rings is 1. The second-order valence-corrected chi connectivity index (χ2v) is 6.02. The number of amides is 1. The molecule has 0 aliphatic heterocycles. The van der Waals surface area contributed by atoms with Gasteiger partial charge in [0.15, 0.2) is 0 Å². The fourth-order valence-electron chi connectivity index (χ4n) is 2.30. The predicted octanol–water partition coefficient (Wildman–Crippen LogP) is 2.58. The fourth-order valence-corrected chi connectivity index (χ4v) is 2.77. The third-order valence-corrected chi connectivity index (χ3v) is 4.09. The molecule has 0 saturated carbocycles. The number of nitrogens with one attached hydrogen (secondary N) is 2. The molecule has 7 heteroatoms. The number of nitrogens with zero attached hydrogens (tertiary/aromatic N) is 3. The van der Waals surface area contributed by atoms with Gasteiger partial charge in [-0.15, -0.1) is 0 Å². The van der Waals surface area contributed by atoms with Crippen LogP contribution in [-0.4, -0.2) is 37.9 Å². The second-order valence-electron chi connectivity index (χ2n) is 5.04. The molecule has 1 unspecified atom stereocenters. The number of rotatable bonds is 6. The Morgan fingerprint density at radius 3 is 2.96 bits per heavy atom. The number of para-hydroxylation sites is 2. The molecule has 0 spiro atoms. The first-order valence-corrected chi connectivity index (χ1v) is 8.68. The number of aromatic amines is 1. The van der Waals surface area contributed by atoms with Crippen molar-refractivity contribution >= 4 is 28.7 Å². The minimum atomic E-state index is -0.246. The van der Waals surface area contributed by atoms with Gasteiger partial charge in [0, 0.05) is 12.4 Å². The lowest BCUT2D eigenvalue weighted by molar-refractivity contribution is 0.0928. The number of hydrogen-bond acceptors (Lipinski definition) is 5. The Labute approximate surface area is 138 Å². The van der Waals surface area contributed by atoms with E-state index >= 15 is 0 Å². The Morgan fingerprint density at radius 1 is 1.35 bits per heavy atom. The molecule has 1 amide bonds. The van der Waals surface area contributed by atoms with Gasteiger partial charge in [0.25, 0.3) is 5.91 Å². The molecule has 0 fully saturated rings. The zero-order valence-electron chi connectivity index (χ0n) is 12.7. The van der Waals surface area contributed by atoms with E-state index in [1.807, 2.05) is 30.5 Å². The molecule has 0 saturated heterocycles. The van der Waals surface area contributed by atoms with E-state index in [9.17, 15) is 4.79 Å². The van der Waals surface area contributed by atoms with E-state index in [-0.39, 0.29) is 11.9 Å². The second kappa shape index (κ2) is 7.23. The van der Waals surface area contributed by atoms with Crippen LogP contribution in [0.25, 0.3) is 11.0 Å². The Balaban J connectivity index is 1.83. The van der Waals surface area contributed by atoms with Crippen LogP contribution in [-0.2, 0) is 0 Å². The summed E-state index contributed by atoms with van der Waals surface area (Å²) in [6, 6.07) is 7.64. The molecule has 23 heavy (non-hydrogen) atoms. The van der Waals surface area contributed by atoms with Crippen molar-refractivity contribution in [1.82, 2.24) is 25.3 Å². The Bertz CT molecular complexity index is 756. The van der Waals surface area contributed by atoms with E-state index in [1.165, 1.54) is 12.4 Å². The molecule has 1 aromatic carbocycles. The highest BCUT2D eigenvalue weighted by molar-refractivity contribution is 7.98. The average Bonchev–Trinajstić information content (AvgIpc) is 3.03. The average molecular weight is 327 g/mol. The molecule has 1 atom stereocenters. The molecule has 6 nitrogen and oxygen atoms in total. The van der Waals surface area contributed by atoms with E-state index in [1.54, 1.807) is 18.0 Å². The van der Waals surface area contributed by atoms with Gasteiger partial charge in [-0.1, -0.05) is 12.1 Å². The number of fused-ring (bicyclic) bond motifs is 1. The lowest BCUT2D eigenvalue weighted by Crippen LogP contribution is -2.30. The maximum absolute atomic E-state index is 12.3. The van der Waals surface area contributed by atoms with Crippen molar-refractivity contribution < 1.29 is 4.79 Å². The summed E-state index contributed by atoms with van der Waals surface area (Å²) in [6.45, 7) is 0. The summed E-state index contributed by atoms with van der Waals surface area (Å²) in [7, 11) is 0. The number of hydrogen-bond donors (Lipinski definition) is 2. The molecular formula is C16H17N5OS. The van der Waals surface area contributed by atoms with Crippen molar-refractivity contribution in [3.63, 3.8) is 0 Å². The molecule has 0 aliphatic carbocycles. The molecule has 118 valence electrons. The van der Waals surface area contributed by atoms with E-state index < -0.39 is 0 Å². The van der Waals surface area contributed by atoms with Gasteiger partial charge in [0.1, 0.15) is 11.5 Å². The van der Waals surface area contributed by atoms with Gasteiger partial charge >= 0.3 is 0 Å².